The van der Waals surface area contributed by atoms with E-state index in [1.54, 1.807) is 0 Å². The average molecular weight is 228 g/mol. The van der Waals surface area contributed by atoms with E-state index in [9.17, 15) is 13.2 Å². The second-order valence-electron chi connectivity index (χ2n) is 4.76. The molecular formula is C13H15F3. The maximum atomic E-state index is 13.1. The lowest BCUT2D eigenvalue weighted by Gasteiger charge is -2.26. The fourth-order valence-electron chi connectivity index (χ4n) is 2.40. The van der Waals surface area contributed by atoms with E-state index in [0.717, 1.165) is 37.8 Å². The standard InChI is InChI=1S/C13H15F3/c1-8-2-4-9(5-3-8)10-6-11(14)13(16)12(15)7-10/h6-9H,2-5H2,1H3. The van der Waals surface area contributed by atoms with Crippen molar-refractivity contribution in [3.63, 3.8) is 0 Å². The van der Waals surface area contributed by atoms with Crippen LogP contribution in [0.5, 0.6) is 0 Å². The summed E-state index contributed by atoms with van der Waals surface area (Å²) in [4.78, 5) is 0. The van der Waals surface area contributed by atoms with E-state index in [2.05, 4.69) is 6.92 Å². The molecule has 0 N–H and O–H groups in total. The number of halogens is 3. The number of hydrogen-bond donors (Lipinski definition) is 0. The lowest BCUT2D eigenvalue weighted by atomic mass is 9.79. The summed E-state index contributed by atoms with van der Waals surface area (Å²) in [6.45, 7) is 2.18. The Labute approximate surface area is 93.5 Å². The van der Waals surface area contributed by atoms with Gasteiger partial charge in [0.1, 0.15) is 0 Å². The largest absolute Gasteiger partial charge is 0.204 e. The van der Waals surface area contributed by atoms with Crippen LogP contribution < -0.4 is 0 Å². The van der Waals surface area contributed by atoms with Crippen molar-refractivity contribution in [3.8, 4) is 0 Å². The normalized spacial score (nSPS) is 25.8. The zero-order valence-electron chi connectivity index (χ0n) is 9.27. The Kier molecular flexibility index (Phi) is 3.22. The zero-order chi connectivity index (χ0) is 11.7. The summed E-state index contributed by atoms with van der Waals surface area (Å²) in [7, 11) is 0. The Morgan fingerprint density at radius 3 is 1.94 bits per heavy atom. The van der Waals surface area contributed by atoms with Crippen LogP contribution >= 0.6 is 0 Å². The molecule has 0 radical (unpaired) electrons. The predicted molar refractivity (Wildman–Crippen MR) is 56.7 cm³/mol. The van der Waals surface area contributed by atoms with Crippen LogP contribution in [-0.2, 0) is 0 Å². The van der Waals surface area contributed by atoms with Gasteiger partial charge in [0.2, 0.25) is 0 Å². The lowest BCUT2D eigenvalue weighted by Crippen LogP contribution is -2.11. The monoisotopic (exact) mass is 228 g/mol. The fraction of sp³-hybridized carbons (Fsp3) is 0.538. The Morgan fingerprint density at radius 2 is 1.44 bits per heavy atom. The number of benzene rings is 1. The highest BCUT2D eigenvalue weighted by Gasteiger charge is 2.22. The van der Waals surface area contributed by atoms with E-state index in [1.165, 1.54) is 0 Å². The van der Waals surface area contributed by atoms with Crippen LogP contribution in [0.1, 0.15) is 44.1 Å². The second kappa shape index (κ2) is 4.48. The SMILES string of the molecule is CC1CCC(c2cc(F)c(F)c(F)c2)CC1. The Morgan fingerprint density at radius 1 is 0.938 bits per heavy atom. The van der Waals surface area contributed by atoms with Crippen molar-refractivity contribution in [1.82, 2.24) is 0 Å². The predicted octanol–water partition coefficient (Wildman–Crippen LogP) is 4.40. The van der Waals surface area contributed by atoms with Gasteiger partial charge in [-0.2, -0.15) is 0 Å². The van der Waals surface area contributed by atoms with Crippen LogP contribution in [-0.4, -0.2) is 0 Å². The van der Waals surface area contributed by atoms with Crippen LogP contribution in [0.3, 0.4) is 0 Å². The van der Waals surface area contributed by atoms with Crippen LogP contribution in [0.15, 0.2) is 12.1 Å². The van der Waals surface area contributed by atoms with E-state index in [1.807, 2.05) is 0 Å². The van der Waals surface area contributed by atoms with E-state index in [0.29, 0.717) is 11.5 Å². The van der Waals surface area contributed by atoms with Gasteiger partial charge in [0.25, 0.3) is 0 Å². The van der Waals surface area contributed by atoms with Crippen molar-refractivity contribution >= 4 is 0 Å². The first kappa shape index (κ1) is 11.5. The fourth-order valence-corrected chi connectivity index (χ4v) is 2.40. The summed E-state index contributed by atoms with van der Waals surface area (Å²) in [6.07, 6.45) is 4.02. The van der Waals surface area contributed by atoms with Crippen LogP contribution in [0.4, 0.5) is 13.2 Å². The molecule has 0 nitrogen and oxygen atoms in total. The van der Waals surface area contributed by atoms with Gasteiger partial charge in [-0.05, 0) is 42.4 Å². The molecule has 1 aromatic rings. The van der Waals surface area contributed by atoms with Gasteiger partial charge >= 0.3 is 0 Å². The highest BCUT2D eigenvalue weighted by Crippen LogP contribution is 2.36. The molecular weight excluding hydrogens is 213 g/mol. The molecule has 0 bridgehead atoms. The van der Waals surface area contributed by atoms with Crippen molar-refractivity contribution in [3.05, 3.63) is 35.1 Å². The summed E-state index contributed by atoms with van der Waals surface area (Å²) in [5.74, 6) is -2.65. The van der Waals surface area contributed by atoms with Gasteiger partial charge in [-0.1, -0.05) is 19.8 Å². The smallest absolute Gasteiger partial charge is 0.194 e. The highest BCUT2D eigenvalue weighted by molar-refractivity contribution is 5.23. The third-order valence-corrected chi connectivity index (χ3v) is 3.49. The maximum absolute atomic E-state index is 13.1. The van der Waals surface area contributed by atoms with Crippen LogP contribution in [0.25, 0.3) is 0 Å². The van der Waals surface area contributed by atoms with Gasteiger partial charge in [0, 0.05) is 0 Å². The van der Waals surface area contributed by atoms with Crippen LogP contribution in [0, 0.1) is 23.4 Å². The van der Waals surface area contributed by atoms with Crippen molar-refractivity contribution < 1.29 is 13.2 Å². The van der Waals surface area contributed by atoms with Gasteiger partial charge in [-0.15, -0.1) is 0 Å². The maximum Gasteiger partial charge on any atom is 0.194 e. The topological polar surface area (TPSA) is 0 Å². The first-order valence-electron chi connectivity index (χ1n) is 5.72. The minimum Gasteiger partial charge on any atom is -0.204 e. The van der Waals surface area contributed by atoms with Gasteiger partial charge in [0.15, 0.2) is 17.5 Å². The van der Waals surface area contributed by atoms with Gasteiger partial charge < -0.3 is 0 Å². The number of rotatable bonds is 1. The van der Waals surface area contributed by atoms with Gasteiger partial charge in [-0.25, -0.2) is 13.2 Å². The molecule has 0 atom stereocenters. The molecule has 88 valence electrons. The molecule has 1 aliphatic carbocycles. The molecule has 0 aliphatic heterocycles. The first-order chi connectivity index (χ1) is 7.58. The third kappa shape index (κ3) is 2.23. The molecule has 0 saturated heterocycles. The van der Waals surface area contributed by atoms with Crippen LogP contribution in [0.2, 0.25) is 0 Å². The van der Waals surface area contributed by atoms with Gasteiger partial charge in [-0.3, -0.25) is 0 Å². The number of hydrogen-bond acceptors (Lipinski definition) is 0. The van der Waals surface area contributed by atoms with E-state index in [4.69, 9.17) is 0 Å². The molecule has 0 unspecified atom stereocenters. The molecule has 1 aliphatic rings. The van der Waals surface area contributed by atoms with Crippen molar-refractivity contribution in [2.24, 2.45) is 5.92 Å². The first-order valence-corrected chi connectivity index (χ1v) is 5.72. The summed E-state index contributed by atoms with van der Waals surface area (Å²) in [5.41, 5.74) is 0.600. The third-order valence-electron chi connectivity index (χ3n) is 3.49. The molecule has 3 heteroatoms. The van der Waals surface area contributed by atoms with E-state index in [-0.39, 0.29) is 5.92 Å². The molecule has 0 spiro atoms. The summed E-state index contributed by atoms with van der Waals surface area (Å²) >= 11 is 0. The lowest BCUT2D eigenvalue weighted by molar-refractivity contribution is 0.345. The molecule has 0 heterocycles. The van der Waals surface area contributed by atoms with Crippen molar-refractivity contribution in [2.75, 3.05) is 0 Å². The van der Waals surface area contributed by atoms with Crippen molar-refractivity contribution in [2.45, 2.75) is 38.5 Å². The summed E-state index contributed by atoms with van der Waals surface area (Å²) in [6, 6.07) is 2.28. The molecule has 2 rings (SSSR count). The Bertz CT molecular complexity index is 356. The van der Waals surface area contributed by atoms with Crippen molar-refractivity contribution in [1.29, 1.82) is 0 Å². The summed E-state index contributed by atoms with van der Waals surface area (Å²) in [5, 5.41) is 0. The molecule has 1 fully saturated rings. The summed E-state index contributed by atoms with van der Waals surface area (Å²) < 4.78 is 38.9. The minimum absolute atomic E-state index is 0.181. The zero-order valence-corrected chi connectivity index (χ0v) is 9.27. The minimum atomic E-state index is -1.37. The Hall–Kier alpha value is -0.990. The molecule has 0 amide bonds. The molecule has 16 heavy (non-hydrogen) atoms. The second-order valence-corrected chi connectivity index (χ2v) is 4.76. The molecule has 0 aromatic heterocycles. The quantitative estimate of drug-likeness (QED) is 0.625. The highest BCUT2D eigenvalue weighted by atomic mass is 19.2. The van der Waals surface area contributed by atoms with Gasteiger partial charge in [0.05, 0.1) is 0 Å². The average Bonchev–Trinajstić information content (AvgIpc) is 2.26. The molecule has 1 aromatic carbocycles. The van der Waals surface area contributed by atoms with E-state index < -0.39 is 17.5 Å². The van der Waals surface area contributed by atoms with E-state index >= 15 is 0 Å². The molecule has 1 saturated carbocycles. The Balaban J connectivity index is 2.21.